The number of carbonyl (C=O) groups is 2. The molecule has 3 rings (SSSR count). The highest BCUT2D eigenvalue weighted by Crippen LogP contribution is 2.32. The first kappa shape index (κ1) is 18.0. The standard InChI is InChI=1S/C17H15F3N2O4/c1-16(2)9-25-15(24)13(16)26-14(23)10-4-3-5-11(8-10)22-7-6-12(21-22)17(18,19)20/h3-8,13H,9H2,1-2H3/t13-/m0/s1. The minimum atomic E-state index is -4.56. The van der Waals surface area contributed by atoms with Crippen LogP contribution in [0.4, 0.5) is 13.2 Å². The highest BCUT2D eigenvalue weighted by molar-refractivity contribution is 5.92. The van der Waals surface area contributed by atoms with Crippen molar-refractivity contribution in [2.45, 2.75) is 26.1 Å². The molecule has 0 spiro atoms. The molecular formula is C17H15F3N2O4. The van der Waals surface area contributed by atoms with Gasteiger partial charge >= 0.3 is 18.1 Å². The van der Waals surface area contributed by atoms with Crippen molar-refractivity contribution in [3.63, 3.8) is 0 Å². The van der Waals surface area contributed by atoms with E-state index in [9.17, 15) is 22.8 Å². The maximum atomic E-state index is 12.7. The topological polar surface area (TPSA) is 70.4 Å². The van der Waals surface area contributed by atoms with Crippen LogP contribution in [0.25, 0.3) is 5.69 Å². The summed E-state index contributed by atoms with van der Waals surface area (Å²) < 4.78 is 49.2. The van der Waals surface area contributed by atoms with E-state index >= 15 is 0 Å². The van der Waals surface area contributed by atoms with Gasteiger partial charge in [0.05, 0.1) is 11.3 Å². The van der Waals surface area contributed by atoms with Crippen molar-refractivity contribution in [1.82, 2.24) is 9.78 Å². The normalized spacial score (nSPS) is 19.3. The quantitative estimate of drug-likeness (QED) is 0.779. The third-order valence-corrected chi connectivity index (χ3v) is 3.96. The maximum absolute atomic E-state index is 12.7. The molecule has 2 aromatic rings. The predicted octanol–water partition coefficient (Wildman–Crippen LogP) is 3.00. The van der Waals surface area contributed by atoms with Gasteiger partial charge in [0.2, 0.25) is 6.10 Å². The zero-order valence-corrected chi connectivity index (χ0v) is 13.9. The number of halogens is 3. The fourth-order valence-electron chi connectivity index (χ4n) is 2.50. The molecule has 1 aliphatic rings. The summed E-state index contributed by atoms with van der Waals surface area (Å²) in [4.78, 5) is 24.1. The summed E-state index contributed by atoms with van der Waals surface area (Å²) in [5, 5.41) is 3.46. The number of cyclic esters (lactones) is 1. The molecule has 6 nitrogen and oxygen atoms in total. The molecule has 0 saturated carbocycles. The molecule has 1 aromatic carbocycles. The van der Waals surface area contributed by atoms with E-state index in [1.807, 2.05) is 0 Å². The van der Waals surface area contributed by atoms with Crippen LogP contribution in [0.2, 0.25) is 0 Å². The van der Waals surface area contributed by atoms with E-state index in [1.165, 1.54) is 24.3 Å². The number of alkyl halides is 3. The van der Waals surface area contributed by atoms with Crippen molar-refractivity contribution in [2.75, 3.05) is 6.61 Å². The van der Waals surface area contributed by atoms with E-state index < -0.39 is 35.3 Å². The Morgan fingerprint density at radius 1 is 1.35 bits per heavy atom. The van der Waals surface area contributed by atoms with Gasteiger partial charge in [-0.2, -0.15) is 18.3 Å². The molecule has 0 amide bonds. The second kappa shape index (κ2) is 6.15. The van der Waals surface area contributed by atoms with Crippen molar-refractivity contribution < 1.29 is 32.2 Å². The molecule has 0 radical (unpaired) electrons. The number of esters is 2. The van der Waals surface area contributed by atoms with E-state index in [1.54, 1.807) is 13.8 Å². The summed E-state index contributed by atoms with van der Waals surface area (Å²) in [6.45, 7) is 3.60. The average Bonchev–Trinajstić information content (AvgIpc) is 3.16. The lowest BCUT2D eigenvalue weighted by molar-refractivity contribution is -0.145. The molecule has 138 valence electrons. The number of rotatable bonds is 3. The molecule has 9 heteroatoms. The van der Waals surface area contributed by atoms with Gasteiger partial charge < -0.3 is 9.47 Å². The second-order valence-corrected chi connectivity index (χ2v) is 6.58. The molecule has 0 bridgehead atoms. The smallest absolute Gasteiger partial charge is 0.435 e. The monoisotopic (exact) mass is 368 g/mol. The molecule has 0 unspecified atom stereocenters. The van der Waals surface area contributed by atoms with E-state index in [0.29, 0.717) is 0 Å². The maximum Gasteiger partial charge on any atom is 0.435 e. The Hall–Kier alpha value is -2.84. The lowest BCUT2D eigenvalue weighted by Crippen LogP contribution is -2.34. The Kier molecular flexibility index (Phi) is 4.25. The van der Waals surface area contributed by atoms with Gasteiger partial charge in [-0.1, -0.05) is 19.9 Å². The third kappa shape index (κ3) is 3.42. The first-order valence-corrected chi connectivity index (χ1v) is 7.69. The van der Waals surface area contributed by atoms with Crippen LogP contribution in [0, 0.1) is 5.41 Å². The SMILES string of the molecule is CC1(C)COC(=O)[C@@H]1OC(=O)c1cccc(-n2ccc(C(F)(F)F)n2)c1. The highest BCUT2D eigenvalue weighted by Gasteiger charge is 2.46. The van der Waals surface area contributed by atoms with Crippen LogP contribution >= 0.6 is 0 Å². The Labute approximate surface area is 146 Å². The Balaban J connectivity index is 1.82. The van der Waals surface area contributed by atoms with Gasteiger partial charge in [-0.25, -0.2) is 14.3 Å². The van der Waals surface area contributed by atoms with Gasteiger partial charge in [-0.05, 0) is 24.3 Å². The lowest BCUT2D eigenvalue weighted by atomic mass is 9.90. The number of aromatic nitrogens is 2. The number of nitrogens with zero attached hydrogens (tertiary/aromatic N) is 2. The van der Waals surface area contributed by atoms with Crippen LogP contribution in [-0.4, -0.2) is 34.4 Å². The zero-order valence-electron chi connectivity index (χ0n) is 13.9. The molecule has 1 aliphatic heterocycles. The molecule has 0 N–H and O–H groups in total. The third-order valence-electron chi connectivity index (χ3n) is 3.96. The fourth-order valence-corrected chi connectivity index (χ4v) is 2.50. The average molecular weight is 368 g/mol. The predicted molar refractivity (Wildman–Crippen MR) is 82.5 cm³/mol. The van der Waals surface area contributed by atoms with Crippen molar-refractivity contribution in [1.29, 1.82) is 0 Å². The summed E-state index contributed by atoms with van der Waals surface area (Å²) in [6, 6.07) is 6.59. The number of benzene rings is 1. The molecular weight excluding hydrogens is 353 g/mol. The van der Waals surface area contributed by atoms with Gasteiger partial charge in [0, 0.05) is 11.6 Å². The molecule has 1 saturated heterocycles. The van der Waals surface area contributed by atoms with Crippen molar-refractivity contribution >= 4 is 11.9 Å². The van der Waals surface area contributed by atoms with E-state index in [4.69, 9.17) is 9.47 Å². The highest BCUT2D eigenvalue weighted by atomic mass is 19.4. The van der Waals surface area contributed by atoms with Crippen molar-refractivity contribution in [2.24, 2.45) is 5.41 Å². The number of ether oxygens (including phenoxy) is 2. The van der Waals surface area contributed by atoms with Crippen molar-refractivity contribution in [3.05, 3.63) is 47.8 Å². The largest absolute Gasteiger partial charge is 0.462 e. The first-order chi connectivity index (χ1) is 12.1. The van der Waals surface area contributed by atoms with Crippen LogP contribution in [0.3, 0.4) is 0 Å². The zero-order chi connectivity index (χ0) is 19.1. The summed E-state index contributed by atoms with van der Waals surface area (Å²) in [5.74, 6) is -1.40. The minimum absolute atomic E-state index is 0.0852. The van der Waals surface area contributed by atoms with Gasteiger partial charge in [-0.3, -0.25) is 0 Å². The molecule has 1 aromatic heterocycles. The molecule has 2 heterocycles. The van der Waals surface area contributed by atoms with Crippen molar-refractivity contribution in [3.8, 4) is 5.69 Å². The van der Waals surface area contributed by atoms with Gasteiger partial charge in [0.15, 0.2) is 5.69 Å². The molecule has 0 aliphatic carbocycles. The van der Waals surface area contributed by atoms with Crippen LogP contribution in [0.15, 0.2) is 36.5 Å². The van der Waals surface area contributed by atoms with Crippen LogP contribution in [0.1, 0.15) is 29.9 Å². The molecule has 1 fully saturated rings. The minimum Gasteiger partial charge on any atom is -0.462 e. The summed E-state index contributed by atoms with van der Waals surface area (Å²) in [6.07, 6.45) is -4.46. The van der Waals surface area contributed by atoms with Crippen LogP contribution in [-0.2, 0) is 20.4 Å². The summed E-state index contributed by atoms with van der Waals surface area (Å²) in [5.41, 5.74) is -1.36. The number of hydrogen-bond donors (Lipinski definition) is 0. The number of hydrogen-bond acceptors (Lipinski definition) is 5. The lowest BCUT2D eigenvalue weighted by Gasteiger charge is -2.21. The molecule has 1 atom stereocenters. The van der Waals surface area contributed by atoms with E-state index in [-0.39, 0.29) is 17.9 Å². The molecule has 26 heavy (non-hydrogen) atoms. The Morgan fingerprint density at radius 3 is 2.65 bits per heavy atom. The first-order valence-electron chi connectivity index (χ1n) is 7.69. The second-order valence-electron chi connectivity index (χ2n) is 6.58. The van der Waals surface area contributed by atoms with Crippen LogP contribution < -0.4 is 0 Å². The van der Waals surface area contributed by atoms with E-state index in [2.05, 4.69) is 5.10 Å². The Morgan fingerprint density at radius 2 is 2.08 bits per heavy atom. The van der Waals surface area contributed by atoms with Gasteiger partial charge in [-0.15, -0.1) is 0 Å². The summed E-state index contributed by atoms with van der Waals surface area (Å²) >= 11 is 0. The number of carbonyl (C=O) groups excluding carboxylic acids is 2. The Bertz CT molecular complexity index is 858. The van der Waals surface area contributed by atoms with Gasteiger partial charge in [0.25, 0.3) is 0 Å². The fraction of sp³-hybridized carbons (Fsp3) is 0.353. The van der Waals surface area contributed by atoms with Crippen LogP contribution in [0.5, 0.6) is 0 Å². The summed E-state index contributed by atoms with van der Waals surface area (Å²) in [7, 11) is 0. The van der Waals surface area contributed by atoms with Gasteiger partial charge in [0.1, 0.15) is 6.61 Å². The van der Waals surface area contributed by atoms with E-state index in [0.717, 1.165) is 16.9 Å².